The van der Waals surface area contributed by atoms with Crippen LogP contribution in [0.4, 0.5) is 0 Å². The molecule has 2 unspecified atom stereocenters. The molecule has 0 amide bonds. The first kappa shape index (κ1) is 13.8. The van der Waals surface area contributed by atoms with Crippen LogP contribution in [0, 0.1) is 5.92 Å². The molecule has 0 heterocycles. The zero-order valence-corrected chi connectivity index (χ0v) is 12.6. The molecule has 5 heteroatoms. The number of rotatable bonds is 4. The van der Waals surface area contributed by atoms with Gasteiger partial charge in [-0.2, -0.15) is 0 Å². The van der Waals surface area contributed by atoms with E-state index in [1.54, 1.807) is 0 Å². The zero-order valence-electron chi connectivity index (χ0n) is 10.2. The monoisotopic (exact) mass is 323 g/mol. The second kappa shape index (κ2) is 6.02. The molecule has 0 aromatic heterocycles. The molecule has 0 aromatic carbocycles. The third-order valence-corrected chi connectivity index (χ3v) is 7.23. The van der Waals surface area contributed by atoms with Gasteiger partial charge in [0.05, 0.1) is 5.25 Å². The van der Waals surface area contributed by atoms with Crippen LogP contribution in [0.1, 0.15) is 51.4 Å². The molecule has 2 aliphatic carbocycles. The van der Waals surface area contributed by atoms with E-state index in [0.717, 1.165) is 32.1 Å². The Kier molecular flexibility index (Phi) is 4.89. The molecule has 0 aromatic rings. The highest BCUT2D eigenvalue weighted by Gasteiger charge is 2.30. The molecule has 3 nitrogen and oxygen atoms in total. The van der Waals surface area contributed by atoms with Gasteiger partial charge in [0.25, 0.3) is 0 Å². The minimum atomic E-state index is -3.05. The molecule has 0 aliphatic heterocycles. The Morgan fingerprint density at radius 2 is 1.59 bits per heavy atom. The Balaban J connectivity index is 1.84. The summed E-state index contributed by atoms with van der Waals surface area (Å²) < 4.78 is 27.0. The first-order valence-electron chi connectivity index (χ1n) is 6.72. The molecule has 2 rings (SSSR count). The van der Waals surface area contributed by atoms with Gasteiger partial charge < -0.3 is 0 Å². The van der Waals surface area contributed by atoms with Crippen LogP contribution >= 0.6 is 15.9 Å². The molecule has 2 atom stereocenters. The minimum absolute atomic E-state index is 0.125. The van der Waals surface area contributed by atoms with E-state index in [4.69, 9.17) is 0 Å². The van der Waals surface area contributed by atoms with Crippen molar-refractivity contribution in [2.45, 2.75) is 61.4 Å². The molecule has 0 radical (unpaired) electrons. The third kappa shape index (κ3) is 3.67. The molecule has 1 N–H and O–H groups in total. The molecule has 0 saturated heterocycles. The van der Waals surface area contributed by atoms with Gasteiger partial charge >= 0.3 is 0 Å². The second-order valence-electron chi connectivity index (χ2n) is 5.36. The van der Waals surface area contributed by atoms with Gasteiger partial charge in [0.2, 0.25) is 10.0 Å². The maximum absolute atomic E-state index is 12.1. The number of hydrogen-bond donors (Lipinski definition) is 1. The lowest BCUT2D eigenvalue weighted by atomic mass is 9.89. The van der Waals surface area contributed by atoms with Gasteiger partial charge in [-0.05, 0) is 31.6 Å². The largest absolute Gasteiger partial charge is 0.215 e. The lowest BCUT2D eigenvalue weighted by Gasteiger charge is -2.27. The van der Waals surface area contributed by atoms with Crippen LogP contribution in [0.15, 0.2) is 0 Å². The van der Waals surface area contributed by atoms with E-state index >= 15 is 0 Å². The fourth-order valence-corrected chi connectivity index (χ4v) is 5.34. The maximum Gasteiger partial charge on any atom is 0.214 e. The van der Waals surface area contributed by atoms with Crippen LogP contribution in [0.2, 0.25) is 0 Å². The molecule has 100 valence electrons. The predicted octanol–water partition coefficient (Wildman–Crippen LogP) is 2.80. The summed E-state index contributed by atoms with van der Waals surface area (Å²) >= 11 is 3.67. The van der Waals surface area contributed by atoms with Gasteiger partial charge in [0, 0.05) is 11.4 Å². The maximum atomic E-state index is 12.1. The van der Waals surface area contributed by atoms with Crippen molar-refractivity contribution in [1.29, 1.82) is 0 Å². The van der Waals surface area contributed by atoms with Crippen molar-refractivity contribution in [3.63, 3.8) is 0 Å². The van der Waals surface area contributed by atoms with Gasteiger partial charge in [-0.25, -0.2) is 13.1 Å². The highest BCUT2D eigenvalue weighted by Crippen LogP contribution is 2.30. The summed E-state index contributed by atoms with van der Waals surface area (Å²) in [6.07, 6.45) is 8.64. The Morgan fingerprint density at radius 3 is 2.24 bits per heavy atom. The van der Waals surface area contributed by atoms with Crippen molar-refractivity contribution in [2.75, 3.05) is 6.54 Å². The van der Waals surface area contributed by atoms with Gasteiger partial charge in [0.1, 0.15) is 0 Å². The summed E-state index contributed by atoms with van der Waals surface area (Å²) in [6.45, 7) is 0.620. The van der Waals surface area contributed by atoms with Crippen molar-refractivity contribution in [1.82, 2.24) is 4.72 Å². The molecule has 2 aliphatic rings. The van der Waals surface area contributed by atoms with E-state index in [1.165, 1.54) is 19.3 Å². The molecular weight excluding hydrogens is 302 g/mol. The Labute approximate surface area is 113 Å². The van der Waals surface area contributed by atoms with Gasteiger partial charge in [-0.15, -0.1) is 0 Å². The SMILES string of the molecule is O=S(=O)(NCC1CCCCC1Br)C1CCCC1. The average molecular weight is 324 g/mol. The quantitative estimate of drug-likeness (QED) is 0.808. The topological polar surface area (TPSA) is 46.2 Å². The summed E-state index contributed by atoms with van der Waals surface area (Å²) in [5.41, 5.74) is 0. The van der Waals surface area contributed by atoms with Crippen LogP contribution in [-0.2, 0) is 10.0 Å². The highest BCUT2D eigenvalue weighted by molar-refractivity contribution is 9.09. The number of hydrogen-bond acceptors (Lipinski definition) is 2. The molecule has 0 spiro atoms. The van der Waals surface area contributed by atoms with Crippen LogP contribution < -0.4 is 4.72 Å². The van der Waals surface area contributed by atoms with E-state index in [2.05, 4.69) is 20.7 Å². The van der Waals surface area contributed by atoms with Crippen LogP contribution in [0.5, 0.6) is 0 Å². The number of halogens is 1. The normalized spacial score (nSPS) is 31.8. The Morgan fingerprint density at radius 1 is 1.00 bits per heavy atom. The minimum Gasteiger partial charge on any atom is -0.215 e. The first-order valence-corrected chi connectivity index (χ1v) is 9.18. The predicted molar refractivity (Wildman–Crippen MR) is 73.9 cm³/mol. The summed E-state index contributed by atoms with van der Waals surface area (Å²) in [4.78, 5) is 0.488. The molecular formula is C12H22BrNO2S. The average Bonchev–Trinajstić information content (AvgIpc) is 2.82. The molecule has 2 fully saturated rings. The van der Waals surface area contributed by atoms with Crippen LogP contribution in [0.25, 0.3) is 0 Å². The third-order valence-electron chi connectivity index (χ3n) is 4.10. The lowest BCUT2D eigenvalue weighted by Crippen LogP contribution is -2.38. The summed E-state index contributed by atoms with van der Waals surface area (Å²) in [6, 6.07) is 0. The van der Waals surface area contributed by atoms with Crippen molar-refractivity contribution < 1.29 is 8.42 Å². The van der Waals surface area contributed by atoms with E-state index in [-0.39, 0.29) is 5.25 Å². The van der Waals surface area contributed by atoms with E-state index in [1.807, 2.05) is 0 Å². The number of sulfonamides is 1. The lowest BCUT2D eigenvalue weighted by molar-refractivity contribution is 0.372. The second-order valence-corrected chi connectivity index (χ2v) is 8.58. The van der Waals surface area contributed by atoms with E-state index in [0.29, 0.717) is 17.3 Å². The summed E-state index contributed by atoms with van der Waals surface area (Å²) in [5, 5.41) is -0.125. The molecule has 0 bridgehead atoms. The summed E-state index contributed by atoms with van der Waals surface area (Å²) in [5.74, 6) is 0.472. The van der Waals surface area contributed by atoms with Gasteiger partial charge in [-0.3, -0.25) is 0 Å². The van der Waals surface area contributed by atoms with Crippen molar-refractivity contribution >= 4 is 26.0 Å². The van der Waals surface area contributed by atoms with Crippen molar-refractivity contribution in [3.8, 4) is 0 Å². The molecule has 2 saturated carbocycles. The van der Waals surface area contributed by atoms with E-state index < -0.39 is 10.0 Å². The van der Waals surface area contributed by atoms with Crippen molar-refractivity contribution in [2.24, 2.45) is 5.92 Å². The summed E-state index contributed by atoms with van der Waals surface area (Å²) in [7, 11) is -3.05. The Bertz CT molecular complexity index is 338. The van der Waals surface area contributed by atoms with Crippen LogP contribution in [-0.4, -0.2) is 25.0 Å². The van der Waals surface area contributed by atoms with Crippen LogP contribution in [0.3, 0.4) is 0 Å². The fourth-order valence-electron chi connectivity index (χ4n) is 2.93. The standard InChI is InChI=1S/C12H22BrNO2S/c13-12-8-4-1-5-10(12)9-14-17(15,16)11-6-2-3-7-11/h10-12,14H,1-9H2. The van der Waals surface area contributed by atoms with E-state index in [9.17, 15) is 8.42 Å². The fraction of sp³-hybridized carbons (Fsp3) is 1.00. The smallest absolute Gasteiger partial charge is 0.214 e. The number of alkyl halides is 1. The molecule has 17 heavy (non-hydrogen) atoms. The first-order chi connectivity index (χ1) is 8.09. The van der Waals surface area contributed by atoms with Crippen molar-refractivity contribution in [3.05, 3.63) is 0 Å². The zero-order chi connectivity index (χ0) is 12.3. The Hall–Kier alpha value is 0.390. The van der Waals surface area contributed by atoms with Gasteiger partial charge in [-0.1, -0.05) is 41.6 Å². The van der Waals surface area contributed by atoms with Gasteiger partial charge in [0.15, 0.2) is 0 Å². The number of nitrogens with one attached hydrogen (secondary N) is 1. The highest BCUT2D eigenvalue weighted by atomic mass is 79.9.